The molecule has 0 rings (SSSR count). The number of aliphatic hydroxyl groups is 2. The molecule has 3 N–H and O–H groups in total. The van der Waals surface area contributed by atoms with Crippen molar-refractivity contribution in [3.05, 3.63) is 36.5 Å². The lowest BCUT2D eigenvalue weighted by molar-refractivity contribution is -0.143. The molecule has 0 aromatic carbocycles. The third kappa shape index (κ3) is 63.3. The number of rotatable bonds is 66. The van der Waals surface area contributed by atoms with Crippen molar-refractivity contribution in [2.75, 3.05) is 13.2 Å². The van der Waals surface area contributed by atoms with Gasteiger partial charge in [-0.05, 0) is 83.5 Å². The second-order valence-corrected chi connectivity index (χ2v) is 24.2. The lowest BCUT2D eigenvalue weighted by Crippen LogP contribution is -2.45. The maximum absolute atomic E-state index is 12.5. The number of amides is 1. The van der Waals surface area contributed by atoms with Gasteiger partial charge in [0.05, 0.1) is 25.4 Å². The number of carbonyl (C=O) groups excluding carboxylic acids is 2. The lowest BCUT2D eigenvalue weighted by Gasteiger charge is -2.20. The number of carbonyl (C=O) groups is 2. The van der Waals surface area contributed by atoms with Crippen molar-refractivity contribution in [2.45, 2.75) is 398 Å². The van der Waals surface area contributed by atoms with Crippen molar-refractivity contribution in [3.63, 3.8) is 0 Å². The zero-order chi connectivity index (χ0) is 56.4. The van der Waals surface area contributed by atoms with Gasteiger partial charge < -0.3 is 20.3 Å². The van der Waals surface area contributed by atoms with Gasteiger partial charge in [-0.2, -0.15) is 0 Å². The minimum Gasteiger partial charge on any atom is -0.466 e. The van der Waals surface area contributed by atoms with E-state index < -0.39 is 12.1 Å². The lowest BCUT2D eigenvalue weighted by atomic mass is 10.0. The molecule has 0 saturated heterocycles. The Kier molecular flexibility index (Phi) is 65.9. The first-order valence-corrected chi connectivity index (χ1v) is 35.3. The quantitative estimate of drug-likeness (QED) is 0.0320. The third-order valence-electron chi connectivity index (χ3n) is 16.4. The molecule has 1 amide bonds. The molecule has 0 heterocycles. The van der Waals surface area contributed by atoms with E-state index in [-0.39, 0.29) is 18.5 Å². The summed E-state index contributed by atoms with van der Waals surface area (Å²) in [5.41, 5.74) is 0. The molecule has 6 heteroatoms. The molecular weight excluding hydrogens is 959 g/mol. The fraction of sp³-hybridized carbons (Fsp3) is 0.889. The Hall–Kier alpha value is -1.92. The van der Waals surface area contributed by atoms with Crippen LogP contribution in [0.25, 0.3) is 0 Å². The largest absolute Gasteiger partial charge is 0.466 e. The summed E-state index contributed by atoms with van der Waals surface area (Å²) in [6.45, 7) is 4.92. The van der Waals surface area contributed by atoms with Gasteiger partial charge in [-0.3, -0.25) is 9.59 Å². The SMILES string of the molecule is CCCCCC/C=C\CCCCCCCC(=O)OCCCCCCCCCCCCCC/C=C\CCCCCCCCCCCC(=O)NC(CO)C(O)/C=C/CCCCCCCCCCCCCCCCCCCCCCC. The topological polar surface area (TPSA) is 95.9 Å². The van der Waals surface area contributed by atoms with Crippen LogP contribution in [0.15, 0.2) is 36.5 Å². The van der Waals surface area contributed by atoms with Gasteiger partial charge in [-0.1, -0.05) is 326 Å². The van der Waals surface area contributed by atoms with E-state index >= 15 is 0 Å². The Morgan fingerprint density at radius 2 is 0.603 bits per heavy atom. The number of allylic oxidation sites excluding steroid dienone is 5. The molecule has 0 bridgehead atoms. The van der Waals surface area contributed by atoms with Crippen molar-refractivity contribution in [1.82, 2.24) is 5.32 Å². The van der Waals surface area contributed by atoms with Crippen LogP contribution in [0.4, 0.5) is 0 Å². The summed E-state index contributed by atoms with van der Waals surface area (Å²) in [5.74, 6) is -0.0632. The molecule has 0 aromatic rings. The van der Waals surface area contributed by atoms with Crippen LogP contribution in [0.3, 0.4) is 0 Å². The molecule has 0 aliphatic rings. The number of hydrogen-bond acceptors (Lipinski definition) is 5. The molecule has 2 atom stereocenters. The highest BCUT2D eigenvalue weighted by Crippen LogP contribution is 2.18. The highest BCUT2D eigenvalue weighted by molar-refractivity contribution is 5.76. The van der Waals surface area contributed by atoms with Gasteiger partial charge >= 0.3 is 5.97 Å². The average Bonchev–Trinajstić information content (AvgIpc) is 3.44. The van der Waals surface area contributed by atoms with Gasteiger partial charge in [-0.15, -0.1) is 0 Å². The van der Waals surface area contributed by atoms with Crippen LogP contribution >= 0.6 is 0 Å². The van der Waals surface area contributed by atoms with E-state index in [4.69, 9.17) is 4.74 Å². The summed E-state index contributed by atoms with van der Waals surface area (Å²) in [6, 6.07) is -0.632. The molecule has 0 saturated carbocycles. The van der Waals surface area contributed by atoms with E-state index in [0.29, 0.717) is 19.4 Å². The third-order valence-corrected chi connectivity index (χ3v) is 16.4. The summed E-state index contributed by atoms with van der Waals surface area (Å²) < 4.78 is 5.48. The number of unbranched alkanes of at least 4 members (excludes halogenated alkanes) is 51. The zero-order valence-electron chi connectivity index (χ0n) is 52.7. The van der Waals surface area contributed by atoms with Gasteiger partial charge in [-0.25, -0.2) is 0 Å². The number of esters is 1. The van der Waals surface area contributed by atoms with E-state index in [1.807, 2.05) is 6.08 Å². The Bertz CT molecular complexity index is 1260. The summed E-state index contributed by atoms with van der Waals surface area (Å²) in [7, 11) is 0. The van der Waals surface area contributed by atoms with Crippen LogP contribution in [0.1, 0.15) is 386 Å². The van der Waals surface area contributed by atoms with E-state index in [9.17, 15) is 19.8 Å². The fourth-order valence-corrected chi connectivity index (χ4v) is 11.0. The molecule has 0 fully saturated rings. The van der Waals surface area contributed by atoms with Gasteiger partial charge in [0.1, 0.15) is 0 Å². The van der Waals surface area contributed by atoms with Crippen LogP contribution in [0, 0.1) is 0 Å². The Balaban J connectivity index is 3.43. The molecule has 0 aliphatic heterocycles. The normalized spacial score (nSPS) is 12.7. The second-order valence-electron chi connectivity index (χ2n) is 24.2. The summed E-state index contributed by atoms with van der Waals surface area (Å²) in [6.07, 6.45) is 86.5. The van der Waals surface area contributed by atoms with Gasteiger partial charge in [0, 0.05) is 12.8 Å². The van der Waals surface area contributed by atoms with Crippen LogP contribution in [0.2, 0.25) is 0 Å². The highest BCUT2D eigenvalue weighted by Gasteiger charge is 2.18. The van der Waals surface area contributed by atoms with Gasteiger partial charge in [0.2, 0.25) is 5.91 Å². The minimum absolute atomic E-state index is 0.00417. The van der Waals surface area contributed by atoms with E-state index in [2.05, 4.69) is 43.5 Å². The van der Waals surface area contributed by atoms with Crippen LogP contribution < -0.4 is 5.32 Å². The minimum atomic E-state index is -0.848. The van der Waals surface area contributed by atoms with Crippen molar-refractivity contribution in [2.24, 2.45) is 0 Å². The predicted octanol–water partition coefficient (Wildman–Crippen LogP) is 22.7. The smallest absolute Gasteiger partial charge is 0.305 e. The van der Waals surface area contributed by atoms with Gasteiger partial charge in [0.15, 0.2) is 0 Å². The highest BCUT2D eigenvalue weighted by atomic mass is 16.5. The van der Waals surface area contributed by atoms with Crippen LogP contribution in [-0.2, 0) is 14.3 Å². The van der Waals surface area contributed by atoms with Crippen molar-refractivity contribution in [1.29, 1.82) is 0 Å². The average molecular weight is 1100 g/mol. The molecule has 78 heavy (non-hydrogen) atoms. The number of ether oxygens (including phenoxy) is 1. The summed E-state index contributed by atoms with van der Waals surface area (Å²) in [4.78, 5) is 24.6. The van der Waals surface area contributed by atoms with Crippen molar-refractivity contribution < 1.29 is 24.5 Å². The Morgan fingerprint density at radius 3 is 0.923 bits per heavy atom. The number of nitrogens with one attached hydrogen (secondary N) is 1. The maximum atomic E-state index is 12.5. The molecule has 2 unspecified atom stereocenters. The first-order chi connectivity index (χ1) is 38.5. The summed E-state index contributed by atoms with van der Waals surface area (Å²) in [5, 5.41) is 23.3. The first-order valence-electron chi connectivity index (χ1n) is 35.3. The maximum Gasteiger partial charge on any atom is 0.305 e. The summed E-state index contributed by atoms with van der Waals surface area (Å²) >= 11 is 0. The van der Waals surface area contributed by atoms with E-state index in [1.54, 1.807) is 6.08 Å². The molecule has 0 aromatic heterocycles. The molecule has 0 spiro atoms. The van der Waals surface area contributed by atoms with Crippen molar-refractivity contribution >= 4 is 11.9 Å². The number of hydrogen-bond donors (Lipinski definition) is 3. The van der Waals surface area contributed by atoms with Gasteiger partial charge in [0.25, 0.3) is 0 Å². The Labute approximate surface area is 487 Å². The van der Waals surface area contributed by atoms with Crippen LogP contribution in [-0.4, -0.2) is 47.4 Å². The molecular formula is C72H137NO5. The van der Waals surface area contributed by atoms with E-state index in [1.165, 1.54) is 315 Å². The standard InChI is InChI=1S/C72H137NO5/c1-3-5-7-9-11-13-15-17-18-19-20-21-25-28-31-34-37-41-44-48-52-56-60-64-70(75)69(68-74)73-71(76)65-61-57-53-49-45-42-38-35-32-29-26-23-22-24-27-30-33-36-39-43-47-51-55-59-63-67-78-72(77)66-62-58-54-50-46-40-16-14-12-10-8-6-4-2/h14,16,23,26,60,64,69-70,74-75H,3-13,15,17-22,24-25,27-59,61-63,65-68H2,1-2H3,(H,73,76)/b16-14-,26-23-,64-60+. The molecule has 0 aliphatic carbocycles. The molecule has 460 valence electrons. The Morgan fingerprint density at radius 1 is 0.346 bits per heavy atom. The second kappa shape index (κ2) is 67.6. The monoisotopic (exact) mass is 1100 g/mol. The van der Waals surface area contributed by atoms with E-state index in [0.717, 1.165) is 44.9 Å². The molecule has 0 radical (unpaired) electrons. The zero-order valence-corrected chi connectivity index (χ0v) is 52.7. The predicted molar refractivity (Wildman–Crippen MR) is 343 cm³/mol. The van der Waals surface area contributed by atoms with Crippen molar-refractivity contribution in [3.8, 4) is 0 Å². The fourth-order valence-electron chi connectivity index (χ4n) is 11.0. The first kappa shape index (κ1) is 76.1. The number of aliphatic hydroxyl groups excluding tert-OH is 2. The molecule has 6 nitrogen and oxygen atoms in total. The van der Waals surface area contributed by atoms with Crippen LogP contribution in [0.5, 0.6) is 0 Å².